The minimum absolute atomic E-state index is 0.148. The number of fused-ring (bicyclic) bond motifs is 1. The van der Waals surface area contributed by atoms with Crippen molar-refractivity contribution in [2.24, 2.45) is 27.4 Å². The molecule has 2 aliphatic rings. The first kappa shape index (κ1) is 28.5. The summed E-state index contributed by atoms with van der Waals surface area (Å²) in [5, 5.41) is 2.73. The molecule has 3 atom stereocenters. The standard InChI is InChI=1S/C24H26F5N7O2S/c1-21(2,10-25)35-19(30)23-7-16(23)22(3,36-20(31)39-23)13-6-12(4-5-14(13)26)34-18(37)15-8-33-17(9-32-15)38-11-24(27,28)29/h4-6,8-9,16H,7,10-11H2,1-3H3,(H2,30,35)(H2,31,36)(H,34,37)/t16-,22+,23-/m0/s1. The molecule has 0 bridgehead atoms. The third-order valence-corrected chi connectivity index (χ3v) is 7.74. The number of nitrogens with one attached hydrogen (secondary N) is 1. The minimum atomic E-state index is -4.55. The maximum Gasteiger partial charge on any atom is 0.422 e. The van der Waals surface area contributed by atoms with Gasteiger partial charge in [-0.15, -0.1) is 0 Å². The van der Waals surface area contributed by atoms with Gasteiger partial charge in [-0.2, -0.15) is 13.2 Å². The van der Waals surface area contributed by atoms with Crippen molar-refractivity contribution in [3.8, 4) is 5.88 Å². The lowest BCUT2D eigenvalue weighted by molar-refractivity contribution is -0.154. The van der Waals surface area contributed by atoms with Gasteiger partial charge >= 0.3 is 6.18 Å². The summed E-state index contributed by atoms with van der Waals surface area (Å²) < 4.78 is 69.2. The van der Waals surface area contributed by atoms with E-state index in [1.165, 1.54) is 23.9 Å². The summed E-state index contributed by atoms with van der Waals surface area (Å²) in [5.41, 5.74) is 10.4. The van der Waals surface area contributed by atoms with Crippen molar-refractivity contribution >= 4 is 34.4 Å². The Hall–Kier alpha value is -3.49. The van der Waals surface area contributed by atoms with Crippen LogP contribution in [0.4, 0.5) is 27.6 Å². The molecule has 39 heavy (non-hydrogen) atoms. The molecule has 0 saturated heterocycles. The highest BCUT2D eigenvalue weighted by Gasteiger charge is 2.69. The maximum absolute atomic E-state index is 15.2. The Bertz CT molecular complexity index is 1340. The van der Waals surface area contributed by atoms with Gasteiger partial charge in [0.15, 0.2) is 11.8 Å². The minimum Gasteiger partial charge on any atom is -0.467 e. The average molecular weight is 572 g/mol. The van der Waals surface area contributed by atoms with E-state index in [1.54, 1.807) is 20.8 Å². The van der Waals surface area contributed by atoms with E-state index in [9.17, 15) is 22.4 Å². The van der Waals surface area contributed by atoms with Crippen LogP contribution in [0.2, 0.25) is 0 Å². The Kier molecular flexibility index (Phi) is 7.25. The van der Waals surface area contributed by atoms with E-state index in [-0.39, 0.29) is 33.9 Å². The van der Waals surface area contributed by atoms with Gasteiger partial charge in [0.05, 0.1) is 28.2 Å². The normalized spacial score (nSPS) is 25.0. The number of nitrogens with zero attached hydrogens (tertiary/aromatic N) is 4. The number of hydrogen-bond acceptors (Lipinski definition) is 8. The lowest BCUT2D eigenvalue weighted by Crippen LogP contribution is -2.43. The molecule has 0 spiro atoms. The monoisotopic (exact) mass is 571 g/mol. The first-order valence-electron chi connectivity index (χ1n) is 11.7. The number of aromatic nitrogens is 2. The van der Waals surface area contributed by atoms with E-state index in [4.69, 9.17) is 11.5 Å². The third-order valence-electron chi connectivity index (χ3n) is 6.42. The lowest BCUT2D eigenvalue weighted by atomic mass is 9.85. The zero-order valence-electron chi connectivity index (χ0n) is 21.1. The van der Waals surface area contributed by atoms with Gasteiger partial charge in [0.25, 0.3) is 5.91 Å². The highest BCUT2D eigenvalue weighted by atomic mass is 32.2. The number of amides is 1. The summed E-state index contributed by atoms with van der Waals surface area (Å²) in [6, 6.07) is 3.91. The molecule has 2 heterocycles. The van der Waals surface area contributed by atoms with Crippen molar-refractivity contribution in [1.82, 2.24) is 9.97 Å². The van der Waals surface area contributed by atoms with E-state index in [1.807, 2.05) is 0 Å². The van der Waals surface area contributed by atoms with E-state index in [2.05, 4.69) is 30.0 Å². The van der Waals surface area contributed by atoms with Crippen LogP contribution in [-0.2, 0) is 5.54 Å². The second kappa shape index (κ2) is 9.92. The Balaban J connectivity index is 1.56. The second-order valence-electron chi connectivity index (χ2n) is 10.1. The number of anilines is 1. The number of carbonyl (C=O) groups is 1. The van der Waals surface area contributed by atoms with Crippen LogP contribution in [0.5, 0.6) is 5.88 Å². The predicted molar refractivity (Wildman–Crippen MR) is 137 cm³/mol. The van der Waals surface area contributed by atoms with Crippen molar-refractivity contribution < 1.29 is 31.5 Å². The van der Waals surface area contributed by atoms with E-state index in [0.29, 0.717) is 6.42 Å². The molecule has 15 heteroatoms. The number of rotatable bonds is 8. The fourth-order valence-electron chi connectivity index (χ4n) is 4.41. The molecule has 1 amide bonds. The van der Waals surface area contributed by atoms with Crippen LogP contribution < -0.4 is 21.5 Å². The number of alkyl halides is 4. The maximum atomic E-state index is 15.2. The Labute approximate surface area is 224 Å². The summed E-state index contributed by atoms with van der Waals surface area (Å²) in [7, 11) is 0. The number of carbonyl (C=O) groups excluding carboxylic acids is 1. The van der Waals surface area contributed by atoms with Gasteiger partial charge in [0.2, 0.25) is 5.88 Å². The van der Waals surface area contributed by atoms with E-state index < -0.39 is 52.9 Å². The van der Waals surface area contributed by atoms with E-state index in [0.717, 1.165) is 18.5 Å². The van der Waals surface area contributed by atoms with Crippen molar-refractivity contribution in [2.45, 2.75) is 49.2 Å². The highest BCUT2D eigenvalue weighted by Crippen LogP contribution is 2.66. The van der Waals surface area contributed by atoms with Crippen LogP contribution in [-0.4, -0.2) is 56.6 Å². The topological polar surface area (TPSA) is 141 Å². The molecule has 2 aromatic rings. The Morgan fingerprint density at radius 2 is 2.00 bits per heavy atom. The Morgan fingerprint density at radius 1 is 1.28 bits per heavy atom. The number of benzene rings is 1. The molecule has 1 aromatic heterocycles. The molecule has 210 valence electrons. The third kappa shape index (κ3) is 5.92. The lowest BCUT2D eigenvalue weighted by Gasteiger charge is -2.34. The second-order valence-corrected chi connectivity index (χ2v) is 11.4. The average Bonchev–Trinajstić information content (AvgIpc) is 3.60. The molecule has 4 rings (SSSR count). The summed E-state index contributed by atoms with van der Waals surface area (Å²) in [6.45, 7) is 2.65. The van der Waals surface area contributed by atoms with Crippen LogP contribution in [0, 0.1) is 11.7 Å². The molecular formula is C24H26F5N7O2S. The van der Waals surface area contributed by atoms with Crippen LogP contribution in [0.25, 0.3) is 0 Å². The number of aliphatic imine (C=N–C) groups is 2. The first-order chi connectivity index (χ1) is 18.1. The van der Waals surface area contributed by atoms with E-state index >= 15 is 4.39 Å². The van der Waals surface area contributed by atoms with Gasteiger partial charge in [-0.1, -0.05) is 11.8 Å². The van der Waals surface area contributed by atoms with Crippen LogP contribution >= 0.6 is 11.8 Å². The van der Waals surface area contributed by atoms with Crippen molar-refractivity contribution in [2.75, 3.05) is 18.6 Å². The van der Waals surface area contributed by atoms with Crippen LogP contribution in [0.1, 0.15) is 43.2 Å². The summed E-state index contributed by atoms with van der Waals surface area (Å²) in [5.74, 6) is -1.84. The molecule has 5 N–H and O–H groups in total. The zero-order chi connectivity index (χ0) is 28.8. The largest absolute Gasteiger partial charge is 0.467 e. The summed E-state index contributed by atoms with van der Waals surface area (Å²) in [6.07, 6.45) is -2.23. The fraction of sp³-hybridized carbons (Fsp3) is 0.458. The van der Waals surface area contributed by atoms with Crippen molar-refractivity contribution in [3.63, 3.8) is 0 Å². The molecule has 1 saturated carbocycles. The highest BCUT2D eigenvalue weighted by molar-refractivity contribution is 8.15. The van der Waals surface area contributed by atoms with Gasteiger partial charge in [-0.3, -0.25) is 14.8 Å². The predicted octanol–water partition coefficient (Wildman–Crippen LogP) is 3.95. The number of thioether (sulfide) groups is 1. The number of ether oxygens (including phenoxy) is 1. The van der Waals surface area contributed by atoms with Gasteiger partial charge in [-0.25, -0.2) is 18.7 Å². The zero-order valence-corrected chi connectivity index (χ0v) is 22.0. The smallest absolute Gasteiger partial charge is 0.422 e. The number of halogens is 5. The molecular weight excluding hydrogens is 545 g/mol. The van der Waals surface area contributed by atoms with Crippen LogP contribution in [0.15, 0.2) is 40.6 Å². The van der Waals surface area contributed by atoms with Crippen LogP contribution in [0.3, 0.4) is 0 Å². The first-order valence-corrected chi connectivity index (χ1v) is 12.5. The Morgan fingerprint density at radius 3 is 2.62 bits per heavy atom. The van der Waals surface area contributed by atoms with Crippen molar-refractivity contribution in [3.05, 3.63) is 47.7 Å². The van der Waals surface area contributed by atoms with Gasteiger partial charge in [-0.05, 0) is 45.4 Å². The van der Waals surface area contributed by atoms with Crippen molar-refractivity contribution in [1.29, 1.82) is 0 Å². The molecule has 1 aliphatic carbocycles. The summed E-state index contributed by atoms with van der Waals surface area (Å²) in [4.78, 5) is 29.0. The SMILES string of the molecule is CC(C)(CF)N=C(N)[C@]12C[C@H]1[C@@](C)(c1cc(NC(=O)c3cnc(OCC(F)(F)F)cn3)ccc1F)N=C(N)S2. The van der Waals surface area contributed by atoms with Gasteiger partial charge in [0, 0.05) is 17.2 Å². The summed E-state index contributed by atoms with van der Waals surface area (Å²) >= 11 is 1.21. The number of nitrogens with two attached hydrogens (primary N) is 2. The molecule has 0 unspecified atom stereocenters. The molecule has 1 fully saturated rings. The molecule has 1 aromatic carbocycles. The quantitative estimate of drug-likeness (QED) is 0.248. The number of amidine groups is 2. The molecule has 9 nitrogen and oxygen atoms in total. The van der Waals surface area contributed by atoms with Gasteiger partial charge in [0.1, 0.15) is 24.0 Å². The fourth-order valence-corrected chi connectivity index (χ4v) is 5.79. The number of hydrogen-bond donors (Lipinski definition) is 3. The molecule has 0 radical (unpaired) electrons. The molecule has 1 aliphatic heterocycles. The van der Waals surface area contributed by atoms with Gasteiger partial charge < -0.3 is 21.5 Å².